The summed E-state index contributed by atoms with van der Waals surface area (Å²) in [6.45, 7) is 2.82. The number of ether oxygens (including phenoxy) is 1. The van der Waals surface area contributed by atoms with Gasteiger partial charge in [-0.3, -0.25) is 9.59 Å². The van der Waals surface area contributed by atoms with Gasteiger partial charge in [-0.1, -0.05) is 0 Å². The number of Topliss-reactive ketones (excluding diaryl/α,β-unsaturated/α-hetero) is 1. The van der Waals surface area contributed by atoms with Gasteiger partial charge < -0.3 is 15.4 Å². The van der Waals surface area contributed by atoms with Crippen molar-refractivity contribution in [2.75, 3.05) is 23.8 Å². The molecule has 0 saturated carbocycles. The Bertz CT molecular complexity index is 736. The Morgan fingerprint density at radius 2 is 1.72 bits per heavy atom. The SMILES string of the molecule is CC(=O)c1ccc(Nc2ccc(NC(=O)C3CCOCC3)cn2)cc1. The van der Waals surface area contributed by atoms with E-state index < -0.39 is 0 Å². The summed E-state index contributed by atoms with van der Waals surface area (Å²) < 4.78 is 5.27. The molecule has 1 aromatic carbocycles. The summed E-state index contributed by atoms with van der Waals surface area (Å²) in [4.78, 5) is 27.8. The smallest absolute Gasteiger partial charge is 0.227 e. The second-order valence-electron chi connectivity index (χ2n) is 6.07. The first-order valence-electron chi connectivity index (χ1n) is 8.34. The highest BCUT2D eigenvalue weighted by molar-refractivity contribution is 5.94. The second kappa shape index (κ2) is 7.90. The molecule has 1 aromatic heterocycles. The molecule has 0 unspecified atom stereocenters. The molecule has 25 heavy (non-hydrogen) atoms. The molecule has 2 aromatic rings. The first-order chi connectivity index (χ1) is 12.1. The van der Waals surface area contributed by atoms with Gasteiger partial charge in [0.1, 0.15) is 5.82 Å². The summed E-state index contributed by atoms with van der Waals surface area (Å²) >= 11 is 0. The topological polar surface area (TPSA) is 80.3 Å². The molecule has 6 nitrogen and oxygen atoms in total. The van der Waals surface area contributed by atoms with Crippen LogP contribution in [0.15, 0.2) is 42.6 Å². The van der Waals surface area contributed by atoms with E-state index in [0.717, 1.165) is 18.5 Å². The molecular formula is C19H21N3O3. The number of nitrogens with zero attached hydrogens (tertiary/aromatic N) is 1. The molecule has 1 aliphatic rings. The van der Waals surface area contributed by atoms with E-state index >= 15 is 0 Å². The molecule has 0 atom stereocenters. The highest BCUT2D eigenvalue weighted by Crippen LogP contribution is 2.19. The lowest BCUT2D eigenvalue weighted by Gasteiger charge is -2.21. The van der Waals surface area contributed by atoms with Crippen LogP contribution < -0.4 is 10.6 Å². The van der Waals surface area contributed by atoms with Crippen molar-refractivity contribution in [3.8, 4) is 0 Å². The number of benzene rings is 1. The summed E-state index contributed by atoms with van der Waals surface area (Å²) in [5.74, 6) is 0.728. The maximum atomic E-state index is 12.2. The molecule has 0 aliphatic carbocycles. The van der Waals surface area contributed by atoms with Crippen molar-refractivity contribution in [1.82, 2.24) is 4.98 Å². The van der Waals surface area contributed by atoms with E-state index in [1.54, 1.807) is 24.4 Å². The van der Waals surface area contributed by atoms with E-state index in [1.807, 2.05) is 18.2 Å². The van der Waals surface area contributed by atoms with E-state index in [1.165, 1.54) is 6.92 Å². The van der Waals surface area contributed by atoms with Crippen LogP contribution in [0.2, 0.25) is 0 Å². The van der Waals surface area contributed by atoms with Crippen molar-refractivity contribution in [1.29, 1.82) is 0 Å². The van der Waals surface area contributed by atoms with Crippen LogP contribution in [0.1, 0.15) is 30.1 Å². The van der Waals surface area contributed by atoms with Gasteiger partial charge in [-0.25, -0.2) is 4.98 Å². The summed E-state index contributed by atoms with van der Waals surface area (Å²) in [6.07, 6.45) is 3.15. The lowest BCUT2D eigenvalue weighted by Crippen LogP contribution is -2.28. The van der Waals surface area contributed by atoms with Gasteiger partial charge in [-0.15, -0.1) is 0 Å². The summed E-state index contributed by atoms with van der Waals surface area (Å²) in [7, 11) is 0. The number of carbonyl (C=O) groups is 2. The van der Waals surface area contributed by atoms with Crippen LogP contribution in [0, 0.1) is 5.92 Å². The average molecular weight is 339 g/mol. The lowest BCUT2D eigenvalue weighted by molar-refractivity contribution is -0.122. The fraction of sp³-hybridized carbons (Fsp3) is 0.316. The quantitative estimate of drug-likeness (QED) is 0.816. The minimum absolute atomic E-state index is 0.00587. The largest absolute Gasteiger partial charge is 0.381 e. The number of carbonyl (C=O) groups excluding carboxylic acids is 2. The summed E-state index contributed by atoms with van der Waals surface area (Å²) in [5, 5.41) is 6.06. The lowest BCUT2D eigenvalue weighted by atomic mass is 9.99. The van der Waals surface area contributed by atoms with Crippen molar-refractivity contribution in [2.45, 2.75) is 19.8 Å². The van der Waals surface area contributed by atoms with Crippen molar-refractivity contribution in [3.05, 3.63) is 48.2 Å². The number of anilines is 3. The van der Waals surface area contributed by atoms with E-state index in [-0.39, 0.29) is 17.6 Å². The Balaban J connectivity index is 1.58. The zero-order valence-corrected chi connectivity index (χ0v) is 14.1. The molecule has 0 bridgehead atoms. The van der Waals surface area contributed by atoms with Crippen LogP contribution in [0.4, 0.5) is 17.2 Å². The fourth-order valence-electron chi connectivity index (χ4n) is 2.68. The third-order valence-electron chi connectivity index (χ3n) is 4.19. The predicted molar refractivity (Wildman–Crippen MR) is 96.1 cm³/mol. The Labute approximate surface area is 146 Å². The van der Waals surface area contributed by atoms with Crippen LogP contribution in [0.5, 0.6) is 0 Å². The van der Waals surface area contributed by atoms with Gasteiger partial charge in [-0.05, 0) is 56.2 Å². The van der Waals surface area contributed by atoms with E-state index in [9.17, 15) is 9.59 Å². The molecule has 1 saturated heterocycles. The second-order valence-corrected chi connectivity index (χ2v) is 6.07. The highest BCUT2D eigenvalue weighted by Gasteiger charge is 2.21. The van der Waals surface area contributed by atoms with Crippen molar-refractivity contribution < 1.29 is 14.3 Å². The highest BCUT2D eigenvalue weighted by atomic mass is 16.5. The monoisotopic (exact) mass is 339 g/mol. The predicted octanol–water partition coefficient (Wildman–Crippen LogP) is 3.39. The Morgan fingerprint density at radius 3 is 2.32 bits per heavy atom. The summed E-state index contributed by atoms with van der Waals surface area (Å²) in [6, 6.07) is 10.8. The Hall–Kier alpha value is -2.73. The maximum absolute atomic E-state index is 12.2. The van der Waals surface area contributed by atoms with Crippen LogP contribution >= 0.6 is 0 Å². The van der Waals surface area contributed by atoms with Gasteiger partial charge in [0.15, 0.2) is 5.78 Å². The molecule has 1 amide bonds. The van der Waals surface area contributed by atoms with Gasteiger partial charge >= 0.3 is 0 Å². The fourth-order valence-corrected chi connectivity index (χ4v) is 2.68. The van der Waals surface area contributed by atoms with Crippen LogP contribution in [-0.4, -0.2) is 29.9 Å². The van der Waals surface area contributed by atoms with Crippen LogP contribution in [-0.2, 0) is 9.53 Å². The first-order valence-corrected chi connectivity index (χ1v) is 8.34. The molecular weight excluding hydrogens is 318 g/mol. The molecule has 1 aliphatic heterocycles. The number of rotatable bonds is 5. The number of nitrogens with one attached hydrogen (secondary N) is 2. The standard InChI is InChI=1S/C19H21N3O3/c1-13(23)14-2-4-16(5-3-14)21-18-7-6-17(12-20-18)22-19(24)15-8-10-25-11-9-15/h2-7,12,15H,8-11H2,1H3,(H,20,21)(H,22,24). The molecule has 6 heteroatoms. The number of aromatic nitrogens is 1. The number of hydrogen-bond donors (Lipinski definition) is 2. The van der Waals surface area contributed by atoms with Crippen LogP contribution in [0.3, 0.4) is 0 Å². The van der Waals surface area contributed by atoms with Crippen molar-refractivity contribution >= 4 is 28.9 Å². The van der Waals surface area contributed by atoms with E-state index in [2.05, 4.69) is 15.6 Å². The molecule has 3 rings (SSSR count). The Kier molecular flexibility index (Phi) is 5.40. The van der Waals surface area contributed by atoms with Crippen molar-refractivity contribution in [3.63, 3.8) is 0 Å². The third-order valence-corrected chi connectivity index (χ3v) is 4.19. The van der Waals surface area contributed by atoms with Gasteiger partial charge in [-0.2, -0.15) is 0 Å². The molecule has 2 heterocycles. The molecule has 2 N–H and O–H groups in total. The van der Waals surface area contributed by atoms with Gasteiger partial charge in [0.2, 0.25) is 5.91 Å². The minimum atomic E-state index is 0.00587. The van der Waals surface area contributed by atoms with Crippen LogP contribution in [0.25, 0.3) is 0 Å². The minimum Gasteiger partial charge on any atom is -0.381 e. The summed E-state index contributed by atoms with van der Waals surface area (Å²) in [5.41, 5.74) is 2.19. The normalized spacial score (nSPS) is 14.8. The number of pyridine rings is 1. The molecule has 0 radical (unpaired) electrons. The zero-order valence-electron chi connectivity index (χ0n) is 14.1. The molecule has 0 spiro atoms. The molecule has 130 valence electrons. The van der Waals surface area contributed by atoms with Gasteiger partial charge in [0.25, 0.3) is 0 Å². The number of amides is 1. The molecule has 1 fully saturated rings. The van der Waals surface area contributed by atoms with Gasteiger partial charge in [0.05, 0.1) is 11.9 Å². The van der Waals surface area contributed by atoms with E-state index in [4.69, 9.17) is 4.74 Å². The zero-order chi connectivity index (χ0) is 17.6. The van der Waals surface area contributed by atoms with Gasteiger partial charge in [0, 0.05) is 30.4 Å². The number of hydrogen-bond acceptors (Lipinski definition) is 5. The average Bonchev–Trinajstić information content (AvgIpc) is 2.64. The number of ketones is 1. The Morgan fingerprint density at radius 1 is 1.04 bits per heavy atom. The maximum Gasteiger partial charge on any atom is 0.227 e. The van der Waals surface area contributed by atoms with Crippen molar-refractivity contribution in [2.24, 2.45) is 5.92 Å². The van der Waals surface area contributed by atoms with E-state index in [0.29, 0.717) is 30.3 Å². The third kappa shape index (κ3) is 4.64. The first kappa shape index (κ1) is 17.1.